The van der Waals surface area contributed by atoms with Crippen LogP contribution in [0.2, 0.25) is 0 Å². The fourth-order valence-corrected chi connectivity index (χ4v) is 2.53. The predicted molar refractivity (Wildman–Crippen MR) is 104 cm³/mol. The Labute approximate surface area is 170 Å². The molecule has 0 atom stereocenters. The highest BCUT2D eigenvalue weighted by Crippen LogP contribution is 2.22. The van der Waals surface area contributed by atoms with Crippen LogP contribution in [0.25, 0.3) is 5.69 Å². The average molecular weight is 415 g/mol. The number of nitro benzene ring substituents is 1. The molecule has 10 heteroatoms. The summed E-state index contributed by atoms with van der Waals surface area (Å²) in [5.74, 6) is -0.568. The standard InChI is InChI=1S/C20H18FN3O6/c1-2-28-20(25)19-18(30-11-10-29-17-5-3-4-14(21)12-17)13-23(22-19)15-6-8-16(9-7-15)24(26)27/h3-9,12-13H,2,10-11H2,1H3. The van der Waals surface area contributed by atoms with Gasteiger partial charge in [-0.1, -0.05) is 6.07 Å². The van der Waals surface area contributed by atoms with Crippen LogP contribution in [0.1, 0.15) is 17.4 Å². The van der Waals surface area contributed by atoms with Crippen LogP contribution in [-0.4, -0.2) is 40.5 Å². The van der Waals surface area contributed by atoms with Gasteiger partial charge in [-0.05, 0) is 31.2 Å². The second-order valence-corrected chi connectivity index (χ2v) is 5.93. The maximum absolute atomic E-state index is 13.2. The van der Waals surface area contributed by atoms with Crippen LogP contribution in [-0.2, 0) is 4.74 Å². The summed E-state index contributed by atoms with van der Waals surface area (Å²) in [5.41, 5.74) is 0.389. The van der Waals surface area contributed by atoms with Crippen LogP contribution in [0.5, 0.6) is 11.5 Å². The second kappa shape index (κ2) is 9.50. The molecule has 0 unspecified atom stereocenters. The van der Waals surface area contributed by atoms with E-state index in [9.17, 15) is 19.3 Å². The van der Waals surface area contributed by atoms with Gasteiger partial charge in [-0.25, -0.2) is 13.9 Å². The molecule has 3 rings (SSSR count). The molecule has 0 amide bonds. The fraction of sp³-hybridized carbons (Fsp3) is 0.200. The normalized spacial score (nSPS) is 10.5. The van der Waals surface area contributed by atoms with Gasteiger partial charge in [0.25, 0.3) is 5.69 Å². The van der Waals surface area contributed by atoms with Crippen molar-refractivity contribution in [2.45, 2.75) is 6.92 Å². The Morgan fingerprint density at radius 1 is 1.17 bits per heavy atom. The molecule has 0 aliphatic carbocycles. The average Bonchev–Trinajstić information content (AvgIpc) is 3.16. The largest absolute Gasteiger partial charge is 0.490 e. The van der Waals surface area contributed by atoms with E-state index >= 15 is 0 Å². The third kappa shape index (κ3) is 5.10. The first-order valence-corrected chi connectivity index (χ1v) is 9.00. The van der Waals surface area contributed by atoms with Gasteiger partial charge in [0.2, 0.25) is 5.69 Å². The Morgan fingerprint density at radius 2 is 1.90 bits per heavy atom. The molecule has 0 spiro atoms. The topological polar surface area (TPSA) is 106 Å². The van der Waals surface area contributed by atoms with Crippen molar-refractivity contribution in [2.75, 3.05) is 19.8 Å². The summed E-state index contributed by atoms with van der Waals surface area (Å²) in [5, 5.41) is 15.0. The smallest absolute Gasteiger partial charge is 0.362 e. The van der Waals surface area contributed by atoms with E-state index in [0.717, 1.165) is 0 Å². The van der Waals surface area contributed by atoms with Gasteiger partial charge in [0.1, 0.15) is 24.8 Å². The predicted octanol–water partition coefficient (Wildman–Crippen LogP) is 3.55. The van der Waals surface area contributed by atoms with Crippen LogP contribution in [0.15, 0.2) is 54.7 Å². The lowest BCUT2D eigenvalue weighted by Crippen LogP contribution is -2.12. The van der Waals surface area contributed by atoms with Gasteiger partial charge in [-0.15, -0.1) is 0 Å². The SMILES string of the molecule is CCOC(=O)c1nn(-c2ccc([N+](=O)[O-])cc2)cc1OCCOc1cccc(F)c1. The first-order valence-electron chi connectivity index (χ1n) is 9.00. The first-order chi connectivity index (χ1) is 14.5. The monoisotopic (exact) mass is 415 g/mol. The Balaban J connectivity index is 1.73. The van der Waals surface area contributed by atoms with Crippen molar-refractivity contribution in [1.29, 1.82) is 0 Å². The lowest BCUT2D eigenvalue weighted by atomic mass is 10.3. The van der Waals surface area contributed by atoms with Crippen molar-refractivity contribution in [1.82, 2.24) is 9.78 Å². The van der Waals surface area contributed by atoms with E-state index in [2.05, 4.69) is 5.10 Å². The number of esters is 1. The number of carbonyl (C=O) groups excluding carboxylic acids is 1. The van der Waals surface area contributed by atoms with Crippen LogP contribution in [0, 0.1) is 15.9 Å². The van der Waals surface area contributed by atoms with Crippen molar-refractivity contribution >= 4 is 11.7 Å². The Hall–Kier alpha value is -3.95. The molecule has 0 N–H and O–H groups in total. The van der Waals surface area contributed by atoms with E-state index in [4.69, 9.17) is 14.2 Å². The molecule has 9 nitrogen and oxygen atoms in total. The zero-order valence-corrected chi connectivity index (χ0v) is 16.0. The van der Waals surface area contributed by atoms with Gasteiger partial charge < -0.3 is 14.2 Å². The molecule has 30 heavy (non-hydrogen) atoms. The van der Waals surface area contributed by atoms with Gasteiger partial charge in [0, 0.05) is 18.2 Å². The minimum Gasteiger partial charge on any atom is -0.490 e. The van der Waals surface area contributed by atoms with Gasteiger partial charge in [-0.3, -0.25) is 10.1 Å². The summed E-state index contributed by atoms with van der Waals surface area (Å²) in [6.07, 6.45) is 1.47. The van der Waals surface area contributed by atoms with Crippen LogP contribution >= 0.6 is 0 Å². The summed E-state index contributed by atoms with van der Waals surface area (Å²) < 4.78 is 30.6. The molecule has 0 radical (unpaired) electrons. The molecule has 0 bridgehead atoms. The van der Waals surface area contributed by atoms with Gasteiger partial charge in [0.15, 0.2) is 5.75 Å². The van der Waals surface area contributed by atoms with Gasteiger partial charge in [0.05, 0.1) is 23.4 Å². The minimum atomic E-state index is -0.667. The molecule has 0 aliphatic heterocycles. The molecule has 0 saturated carbocycles. The summed E-state index contributed by atoms with van der Waals surface area (Å²) in [7, 11) is 0. The number of benzene rings is 2. The molecule has 0 fully saturated rings. The highest BCUT2D eigenvalue weighted by molar-refractivity contribution is 5.90. The molecule has 156 valence electrons. The number of non-ortho nitro benzene ring substituents is 1. The van der Waals surface area contributed by atoms with Crippen LogP contribution < -0.4 is 9.47 Å². The number of rotatable bonds is 9. The summed E-state index contributed by atoms with van der Waals surface area (Å²) in [6.45, 7) is 1.99. The van der Waals surface area contributed by atoms with E-state index in [1.165, 1.54) is 53.3 Å². The lowest BCUT2D eigenvalue weighted by Gasteiger charge is -2.08. The zero-order chi connectivity index (χ0) is 21.5. The number of hydrogen-bond donors (Lipinski definition) is 0. The van der Waals surface area contributed by atoms with E-state index in [-0.39, 0.29) is 37.0 Å². The number of hydrogen-bond acceptors (Lipinski definition) is 7. The second-order valence-electron chi connectivity index (χ2n) is 5.93. The number of nitro groups is 1. The summed E-state index contributed by atoms with van der Waals surface area (Å²) >= 11 is 0. The van der Waals surface area contributed by atoms with Gasteiger partial charge in [-0.2, -0.15) is 5.10 Å². The van der Waals surface area contributed by atoms with E-state index in [0.29, 0.717) is 11.4 Å². The van der Waals surface area contributed by atoms with E-state index in [1.807, 2.05) is 0 Å². The Morgan fingerprint density at radius 3 is 2.57 bits per heavy atom. The first kappa shape index (κ1) is 20.8. The van der Waals surface area contributed by atoms with E-state index < -0.39 is 16.7 Å². The zero-order valence-electron chi connectivity index (χ0n) is 16.0. The van der Waals surface area contributed by atoms with Crippen molar-refractivity contribution in [2.24, 2.45) is 0 Å². The highest BCUT2D eigenvalue weighted by atomic mass is 19.1. The van der Waals surface area contributed by atoms with Crippen molar-refractivity contribution in [3.63, 3.8) is 0 Å². The van der Waals surface area contributed by atoms with Crippen molar-refractivity contribution in [3.8, 4) is 17.2 Å². The summed E-state index contributed by atoms with van der Waals surface area (Å²) in [4.78, 5) is 22.5. The fourth-order valence-electron chi connectivity index (χ4n) is 2.53. The maximum Gasteiger partial charge on any atom is 0.362 e. The number of carbonyl (C=O) groups is 1. The minimum absolute atomic E-state index is 0.0408. The lowest BCUT2D eigenvalue weighted by molar-refractivity contribution is -0.384. The molecule has 1 heterocycles. The Bertz CT molecular complexity index is 1040. The van der Waals surface area contributed by atoms with Crippen LogP contribution in [0.4, 0.5) is 10.1 Å². The quantitative estimate of drug-likeness (QED) is 0.228. The van der Waals surface area contributed by atoms with Crippen molar-refractivity contribution in [3.05, 3.63) is 76.4 Å². The molecule has 0 saturated heterocycles. The maximum atomic E-state index is 13.2. The van der Waals surface area contributed by atoms with Gasteiger partial charge >= 0.3 is 5.97 Å². The number of halogens is 1. The van der Waals surface area contributed by atoms with Crippen molar-refractivity contribution < 1.29 is 28.3 Å². The molecular weight excluding hydrogens is 397 g/mol. The van der Waals surface area contributed by atoms with E-state index in [1.54, 1.807) is 13.0 Å². The molecule has 2 aromatic carbocycles. The number of aromatic nitrogens is 2. The van der Waals surface area contributed by atoms with Crippen LogP contribution in [0.3, 0.4) is 0 Å². The highest BCUT2D eigenvalue weighted by Gasteiger charge is 2.20. The third-order valence-electron chi connectivity index (χ3n) is 3.88. The molecule has 1 aromatic heterocycles. The molecular formula is C20H18FN3O6. The molecule has 3 aromatic rings. The third-order valence-corrected chi connectivity index (χ3v) is 3.88. The number of nitrogens with zero attached hydrogens (tertiary/aromatic N) is 3. The Kier molecular flexibility index (Phi) is 6.58. The number of ether oxygens (including phenoxy) is 3. The summed E-state index contributed by atoms with van der Waals surface area (Å²) in [6, 6.07) is 11.3. The molecule has 0 aliphatic rings.